The summed E-state index contributed by atoms with van der Waals surface area (Å²) in [5.74, 6) is -0.226. The molecule has 0 aliphatic carbocycles. The van der Waals surface area contributed by atoms with Gasteiger partial charge in [0, 0.05) is 31.7 Å². The molecule has 2 aromatic rings. The van der Waals surface area contributed by atoms with Gasteiger partial charge >= 0.3 is 5.69 Å². The van der Waals surface area contributed by atoms with Gasteiger partial charge < -0.3 is 14.8 Å². The van der Waals surface area contributed by atoms with Crippen molar-refractivity contribution in [3.05, 3.63) is 40.7 Å². The molecule has 1 N–H and O–H groups in total. The maximum Gasteiger partial charge on any atom is 0.306 e. The Bertz CT molecular complexity index is 1030. The average molecular weight is 439 g/mol. The van der Waals surface area contributed by atoms with E-state index in [1.54, 1.807) is 0 Å². The Balaban J connectivity index is 1.70. The molecule has 0 bridgehead atoms. The minimum absolute atomic E-state index is 0.00356. The molecule has 1 aliphatic rings. The van der Waals surface area contributed by atoms with Crippen LogP contribution in [-0.4, -0.2) is 66.7 Å². The lowest BCUT2D eigenvalue weighted by atomic mass is 10.3. The standard InChI is InChI=1S/C17H21N5O7S/c1-28-15-3-2-13(10-16(15)30(26,27)21-6-8-29-9-7-21)19-17(23)4-5-20-12-14(11-18-20)22(24)25/h2-3,10-12H,4-9H2,1H3,(H,19,23). The van der Waals surface area contributed by atoms with Gasteiger partial charge in [-0.25, -0.2) is 8.42 Å². The number of amides is 1. The van der Waals surface area contributed by atoms with Gasteiger partial charge in [-0.05, 0) is 18.2 Å². The zero-order valence-electron chi connectivity index (χ0n) is 16.2. The van der Waals surface area contributed by atoms with Crippen molar-refractivity contribution < 1.29 is 27.6 Å². The molecule has 3 rings (SSSR count). The van der Waals surface area contributed by atoms with E-state index in [4.69, 9.17) is 9.47 Å². The number of carbonyl (C=O) groups excluding carboxylic acids is 1. The Morgan fingerprint density at radius 2 is 2.10 bits per heavy atom. The maximum atomic E-state index is 13.0. The molecule has 0 spiro atoms. The highest BCUT2D eigenvalue weighted by atomic mass is 32.2. The van der Waals surface area contributed by atoms with Gasteiger partial charge in [-0.2, -0.15) is 9.40 Å². The van der Waals surface area contributed by atoms with E-state index >= 15 is 0 Å². The predicted octanol–water partition coefficient (Wildman–Crippen LogP) is 0.850. The third-order valence-electron chi connectivity index (χ3n) is 4.43. The molecule has 1 amide bonds. The van der Waals surface area contributed by atoms with E-state index in [9.17, 15) is 23.3 Å². The maximum absolute atomic E-state index is 13.0. The van der Waals surface area contributed by atoms with Gasteiger partial charge in [-0.1, -0.05) is 0 Å². The molecule has 162 valence electrons. The van der Waals surface area contributed by atoms with Crippen molar-refractivity contribution in [1.82, 2.24) is 14.1 Å². The summed E-state index contributed by atoms with van der Waals surface area (Å²) in [5, 5.41) is 17.1. The summed E-state index contributed by atoms with van der Waals surface area (Å²) in [6.45, 7) is 1.22. The smallest absolute Gasteiger partial charge is 0.306 e. The highest BCUT2D eigenvalue weighted by Crippen LogP contribution is 2.30. The van der Waals surface area contributed by atoms with Gasteiger partial charge in [0.15, 0.2) is 0 Å². The zero-order chi connectivity index (χ0) is 21.7. The van der Waals surface area contributed by atoms with Crippen LogP contribution in [-0.2, 0) is 26.1 Å². The molecule has 1 aliphatic heterocycles. The first-order valence-corrected chi connectivity index (χ1v) is 10.5. The van der Waals surface area contributed by atoms with Gasteiger partial charge in [0.25, 0.3) is 0 Å². The van der Waals surface area contributed by atoms with Crippen LogP contribution in [0.1, 0.15) is 6.42 Å². The Hall–Kier alpha value is -3.03. The number of nitrogens with zero attached hydrogens (tertiary/aromatic N) is 4. The predicted molar refractivity (Wildman–Crippen MR) is 105 cm³/mol. The normalized spacial score (nSPS) is 15.0. The number of hydrogen-bond donors (Lipinski definition) is 1. The Labute approximate surface area is 172 Å². The highest BCUT2D eigenvalue weighted by Gasteiger charge is 2.29. The number of hydrogen-bond acceptors (Lipinski definition) is 8. The lowest BCUT2D eigenvalue weighted by Crippen LogP contribution is -2.40. The van der Waals surface area contributed by atoms with E-state index in [0.717, 1.165) is 6.20 Å². The highest BCUT2D eigenvalue weighted by molar-refractivity contribution is 7.89. The Morgan fingerprint density at radius 3 is 2.73 bits per heavy atom. The van der Waals surface area contributed by atoms with Crippen molar-refractivity contribution in [2.45, 2.75) is 17.9 Å². The lowest BCUT2D eigenvalue weighted by Gasteiger charge is -2.26. The molecule has 0 radical (unpaired) electrons. The second-order valence-corrected chi connectivity index (χ2v) is 8.31. The summed E-state index contributed by atoms with van der Waals surface area (Å²) in [5.41, 5.74) is 0.127. The molecule has 0 saturated carbocycles. The van der Waals surface area contributed by atoms with Crippen LogP contribution >= 0.6 is 0 Å². The number of nitro groups is 1. The number of methoxy groups -OCH3 is 1. The molecular weight excluding hydrogens is 418 g/mol. The van der Waals surface area contributed by atoms with Crippen LogP contribution in [0.25, 0.3) is 0 Å². The van der Waals surface area contributed by atoms with Crippen molar-refractivity contribution in [1.29, 1.82) is 0 Å². The number of benzene rings is 1. The van der Waals surface area contributed by atoms with Crippen molar-refractivity contribution in [2.75, 3.05) is 38.7 Å². The van der Waals surface area contributed by atoms with Crippen LogP contribution in [0.2, 0.25) is 0 Å². The van der Waals surface area contributed by atoms with Crippen LogP contribution in [0.4, 0.5) is 11.4 Å². The number of ether oxygens (including phenoxy) is 2. The molecule has 30 heavy (non-hydrogen) atoms. The van der Waals surface area contributed by atoms with Gasteiger partial charge in [-0.3, -0.25) is 19.6 Å². The van der Waals surface area contributed by atoms with Crippen LogP contribution in [0.5, 0.6) is 5.75 Å². The SMILES string of the molecule is COc1ccc(NC(=O)CCn2cc([N+](=O)[O-])cn2)cc1S(=O)(=O)N1CCOCC1. The van der Waals surface area contributed by atoms with Crippen molar-refractivity contribution in [2.24, 2.45) is 0 Å². The van der Waals surface area contributed by atoms with Crippen LogP contribution in [0, 0.1) is 10.1 Å². The molecule has 0 unspecified atom stereocenters. The number of nitrogens with one attached hydrogen (secondary N) is 1. The first kappa shape index (κ1) is 21.7. The summed E-state index contributed by atoms with van der Waals surface area (Å²) >= 11 is 0. The topological polar surface area (TPSA) is 146 Å². The third-order valence-corrected chi connectivity index (χ3v) is 6.35. The van der Waals surface area contributed by atoms with E-state index < -0.39 is 20.9 Å². The Morgan fingerprint density at radius 1 is 1.37 bits per heavy atom. The molecule has 1 aromatic heterocycles. The fourth-order valence-electron chi connectivity index (χ4n) is 2.89. The zero-order valence-corrected chi connectivity index (χ0v) is 17.0. The van der Waals surface area contributed by atoms with Crippen molar-refractivity contribution in [3.8, 4) is 5.75 Å². The second kappa shape index (κ2) is 9.19. The number of morpholine rings is 1. The average Bonchev–Trinajstić information content (AvgIpc) is 3.22. The Kier molecular flexibility index (Phi) is 6.64. The van der Waals surface area contributed by atoms with Crippen LogP contribution in [0.15, 0.2) is 35.5 Å². The number of carbonyl (C=O) groups is 1. The molecule has 2 heterocycles. The summed E-state index contributed by atoms with van der Waals surface area (Å²) in [7, 11) is -2.45. The van der Waals surface area contributed by atoms with E-state index in [2.05, 4.69) is 10.4 Å². The third kappa shape index (κ3) is 4.93. The molecule has 1 saturated heterocycles. The minimum Gasteiger partial charge on any atom is -0.495 e. The van der Waals surface area contributed by atoms with Gasteiger partial charge in [-0.15, -0.1) is 0 Å². The first-order chi connectivity index (χ1) is 14.3. The van der Waals surface area contributed by atoms with Gasteiger partial charge in [0.2, 0.25) is 15.9 Å². The molecule has 1 aromatic carbocycles. The van der Waals surface area contributed by atoms with Crippen LogP contribution < -0.4 is 10.1 Å². The van der Waals surface area contributed by atoms with Gasteiger partial charge in [0.1, 0.15) is 23.0 Å². The largest absolute Gasteiger partial charge is 0.495 e. The number of aryl methyl sites for hydroxylation is 1. The molecular formula is C17H21N5O7S. The fourth-order valence-corrected chi connectivity index (χ4v) is 4.48. The monoisotopic (exact) mass is 439 g/mol. The second-order valence-electron chi connectivity index (χ2n) is 6.40. The number of sulfonamides is 1. The van der Waals surface area contributed by atoms with E-state index in [1.807, 2.05) is 0 Å². The van der Waals surface area contributed by atoms with Crippen LogP contribution in [0.3, 0.4) is 0 Å². The lowest BCUT2D eigenvalue weighted by molar-refractivity contribution is -0.385. The first-order valence-electron chi connectivity index (χ1n) is 9.04. The molecule has 0 atom stereocenters. The van der Waals surface area contributed by atoms with Crippen molar-refractivity contribution >= 4 is 27.3 Å². The summed E-state index contributed by atoms with van der Waals surface area (Å²) in [4.78, 5) is 22.3. The fraction of sp³-hybridized carbons (Fsp3) is 0.412. The minimum atomic E-state index is -3.82. The van der Waals surface area contributed by atoms with E-state index in [1.165, 1.54) is 40.5 Å². The summed E-state index contributed by atoms with van der Waals surface area (Å²) in [6.07, 6.45) is 2.33. The molecule has 12 nitrogen and oxygen atoms in total. The number of aromatic nitrogens is 2. The number of anilines is 1. The molecule has 13 heteroatoms. The quantitative estimate of drug-likeness (QED) is 0.470. The van der Waals surface area contributed by atoms with Gasteiger partial charge in [0.05, 0.1) is 25.2 Å². The van der Waals surface area contributed by atoms with Crippen molar-refractivity contribution in [3.63, 3.8) is 0 Å². The summed E-state index contributed by atoms with van der Waals surface area (Å²) in [6, 6.07) is 4.36. The van der Waals surface area contributed by atoms with E-state index in [0.29, 0.717) is 18.9 Å². The summed E-state index contributed by atoms with van der Waals surface area (Å²) < 4.78 is 39.0. The molecule has 1 fully saturated rings. The number of rotatable bonds is 8. The van der Waals surface area contributed by atoms with E-state index in [-0.39, 0.29) is 42.4 Å².